The van der Waals surface area contributed by atoms with Gasteiger partial charge in [0, 0.05) is 17.6 Å². The lowest BCUT2D eigenvalue weighted by atomic mass is 10.2. The van der Waals surface area contributed by atoms with Crippen LogP contribution in [0.5, 0.6) is 5.75 Å². The Morgan fingerprint density at radius 2 is 1.77 bits per heavy atom. The maximum Gasteiger partial charge on any atom is 0.410 e. The van der Waals surface area contributed by atoms with Crippen LogP contribution < -0.4 is 4.74 Å². The zero-order valence-corrected chi connectivity index (χ0v) is 17.4. The number of halogens is 1. The Balaban J connectivity index is 2.06. The molecule has 0 saturated carbocycles. The van der Waals surface area contributed by atoms with Crippen molar-refractivity contribution in [1.29, 1.82) is 0 Å². The van der Waals surface area contributed by atoms with Gasteiger partial charge in [0.05, 0.1) is 0 Å². The summed E-state index contributed by atoms with van der Waals surface area (Å²) in [7, 11) is 0. The lowest BCUT2D eigenvalue weighted by Gasteiger charge is -2.26. The summed E-state index contributed by atoms with van der Waals surface area (Å²) in [6.07, 6.45) is -0.313. The van der Waals surface area contributed by atoms with Crippen LogP contribution in [0.2, 0.25) is 0 Å². The summed E-state index contributed by atoms with van der Waals surface area (Å²) in [4.78, 5) is 14.0. The van der Waals surface area contributed by atoms with Gasteiger partial charge in [-0.25, -0.2) is 4.79 Å². The molecule has 0 N–H and O–H groups in total. The van der Waals surface area contributed by atoms with Gasteiger partial charge in [0.15, 0.2) is 0 Å². The third-order valence-electron chi connectivity index (χ3n) is 3.59. The number of ether oxygens (including phenoxy) is 2. The Labute approximate surface area is 164 Å². The van der Waals surface area contributed by atoms with Crippen molar-refractivity contribution in [3.8, 4) is 5.75 Å². The average molecular weight is 420 g/mol. The highest BCUT2D eigenvalue weighted by Gasteiger charge is 2.21. The van der Waals surface area contributed by atoms with Crippen LogP contribution in [0.4, 0.5) is 4.79 Å². The van der Waals surface area contributed by atoms with E-state index in [1.54, 1.807) is 4.90 Å². The lowest BCUT2D eigenvalue weighted by Crippen LogP contribution is -2.36. The summed E-state index contributed by atoms with van der Waals surface area (Å²) in [5, 5.41) is 0. The van der Waals surface area contributed by atoms with E-state index < -0.39 is 5.60 Å². The van der Waals surface area contributed by atoms with Gasteiger partial charge in [-0.15, -0.1) is 0 Å². The zero-order valence-electron chi connectivity index (χ0n) is 15.8. The molecule has 0 aliphatic carbocycles. The summed E-state index contributed by atoms with van der Waals surface area (Å²) in [6, 6.07) is 15.9. The van der Waals surface area contributed by atoms with Crippen molar-refractivity contribution in [3.63, 3.8) is 0 Å². The number of carbonyl (C=O) groups excluding carboxylic acids is 1. The van der Waals surface area contributed by atoms with Crippen LogP contribution in [0.3, 0.4) is 0 Å². The van der Waals surface area contributed by atoms with Crippen molar-refractivity contribution < 1.29 is 14.3 Å². The number of amides is 1. The van der Waals surface area contributed by atoms with Crippen molar-refractivity contribution >= 4 is 22.0 Å². The van der Waals surface area contributed by atoms with Crippen LogP contribution in [0.15, 0.2) is 53.0 Å². The van der Waals surface area contributed by atoms with Crippen molar-refractivity contribution in [2.45, 2.75) is 46.4 Å². The number of hydrogen-bond donors (Lipinski definition) is 0. The first-order valence-electron chi connectivity index (χ1n) is 8.71. The molecule has 0 saturated heterocycles. The van der Waals surface area contributed by atoms with Gasteiger partial charge in [0.1, 0.15) is 18.0 Å². The Bertz CT molecular complexity index is 726. The fraction of sp³-hybridized carbons (Fsp3) is 0.381. The molecule has 2 rings (SSSR count). The second kappa shape index (κ2) is 9.08. The van der Waals surface area contributed by atoms with Gasteiger partial charge >= 0.3 is 6.09 Å². The minimum Gasteiger partial charge on any atom is -0.489 e. The third-order valence-corrected chi connectivity index (χ3v) is 4.04. The van der Waals surface area contributed by atoms with Crippen molar-refractivity contribution in [2.24, 2.45) is 0 Å². The molecule has 0 fully saturated rings. The zero-order chi connectivity index (χ0) is 19.2. The van der Waals surface area contributed by atoms with E-state index in [1.807, 2.05) is 76.2 Å². The van der Waals surface area contributed by atoms with Gasteiger partial charge < -0.3 is 14.4 Å². The molecule has 140 valence electrons. The van der Waals surface area contributed by atoms with Crippen LogP contribution in [-0.4, -0.2) is 23.1 Å². The molecule has 4 nitrogen and oxygen atoms in total. The summed E-state index contributed by atoms with van der Waals surface area (Å²) in [5.74, 6) is 0.762. The molecule has 2 aromatic carbocycles. The molecule has 0 aliphatic heterocycles. The fourth-order valence-corrected chi connectivity index (χ4v) is 2.91. The minimum absolute atomic E-state index is 0.313. The smallest absolute Gasteiger partial charge is 0.410 e. The SMILES string of the molecule is CCN(Cc1cc(Br)cc(OCc2ccccc2)c1)C(=O)OC(C)(C)C. The molecular formula is C21H26BrNO3. The number of carbonyl (C=O) groups is 1. The number of nitrogens with zero attached hydrogens (tertiary/aromatic N) is 1. The maximum atomic E-state index is 12.3. The van der Waals surface area contributed by atoms with E-state index in [9.17, 15) is 4.79 Å². The molecule has 0 radical (unpaired) electrons. The summed E-state index contributed by atoms with van der Waals surface area (Å²) >= 11 is 3.52. The molecule has 0 atom stereocenters. The number of rotatable bonds is 6. The van der Waals surface area contributed by atoms with Crippen LogP contribution >= 0.6 is 15.9 Å². The van der Waals surface area contributed by atoms with Gasteiger partial charge in [-0.3, -0.25) is 0 Å². The van der Waals surface area contributed by atoms with Gasteiger partial charge in [0.2, 0.25) is 0 Å². The number of benzene rings is 2. The fourth-order valence-electron chi connectivity index (χ4n) is 2.39. The molecule has 2 aromatic rings. The van der Waals surface area contributed by atoms with Gasteiger partial charge in [-0.2, -0.15) is 0 Å². The number of hydrogen-bond acceptors (Lipinski definition) is 3. The van der Waals surface area contributed by atoms with Crippen molar-refractivity contribution in [1.82, 2.24) is 4.90 Å². The van der Waals surface area contributed by atoms with E-state index >= 15 is 0 Å². The molecule has 0 heterocycles. The van der Waals surface area contributed by atoms with Gasteiger partial charge in [-0.1, -0.05) is 46.3 Å². The Hall–Kier alpha value is -2.01. The van der Waals surface area contributed by atoms with Gasteiger partial charge in [0.25, 0.3) is 0 Å². The first-order valence-corrected chi connectivity index (χ1v) is 9.50. The Morgan fingerprint density at radius 1 is 1.08 bits per heavy atom. The van der Waals surface area contributed by atoms with Crippen molar-refractivity contribution in [2.75, 3.05) is 6.54 Å². The first-order chi connectivity index (χ1) is 12.3. The minimum atomic E-state index is -0.508. The standard InChI is InChI=1S/C21H26BrNO3/c1-5-23(20(24)26-21(2,3)4)14-17-11-18(22)13-19(12-17)25-15-16-9-7-6-8-10-16/h6-13H,5,14-15H2,1-4H3. The summed E-state index contributed by atoms with van der Waals surface area (Å²) in [5.41, 5.74) is 1.58. The second-order valence-electron chi connectivity index (χ2n) is 7.06. The summed E-state index contributed by atoms with van der Waals surface area (Å²) in [6.45, 7) is 9.08. The first kappa shape index (κ1) is 20.3. The van der Waals surface area contributed by atoms with E-state index in [-0.39, 0.29) is 6.09 Å². The van der Waals surface area contributed by atoms with Crippen LogP contribution in [0.1, 0.15) is 38.8 Å². The topological polar surface area (TPSA) is 38.8 Å². The molecule has 0 aliphatic rings. The largest absolute Gasteiger partial charge is 0.489 e. The molecule has 5 heteroatoms. The second-order valence-corrected chi connectivity index (χ2v) is 7.98. The molecule has 0 aromatic heterocycles. The lowest BCUT2D eigenvalue weighted by molar-refractivity contribution is 0.0244. The summed E-state index contributed by atoms with van der Waals surface area (Å²) < 4.78 is 12.3. The molecule has 1 amide bonds. The maximum absolute atomic E-state index is 12.3. The monoisotopic (exact) mass is 419 g/mol. The van der Waals surface area contributed by atoms with E-state index in [0.29, 0.717) is 19.7 Å². The highest BCUT2D eigenvalue weighted by molar-refractivity contribution is 9.10. The quantitative estimate of drug-likeness (QED) is 0.594. The average Bonchev–Trinajstić information content (AvgIpc) is 2.57. The van der Waals surface area contributed by atoms with Crippen LogP contribution in [0, 0.1) is 0 Å². The molecular weight excluding hydrogens is 394 g/mol. The van der Waals surface area contributed by atoms with Crippen LogP contribution in [-0.2, 0) is 17.9 Å². The van der Waals surface area contributed by atoms with E-state index in [1.165, 1.54) is 0 Å². The third kappa shape index (κ3) is 6.71. The molecule has 0 unspecified atom stereocenters. The molecule has 0 bridgehead atoms. The molecule has 26 heavy (non-hydrogen) atoms. The van der Waals surface area contributed by atoms with E-state index in [4.69, 9.17) is 9.47 Å². The highest BCUT2D eigenvalue weighted by atomic mass is 79.9. The van der Waals surface area contributed by atoms with Gasteiger partial charge in [-0.05, 0) is 57.0 Å². The normalized spacial score (nSPS) is 11.1. The predicted molar refractivity (Wildman–Crippen MR) is 107 cm³/mol. The van der Waals surface area contributed by atoms with E-state index in [0.717, 1.165) is 21.3 Å². The van der Waals surface area contributed by atoms with E-state index in [2.05, 4.69) is 15.9 Å². The highest BCUT2D eigenvalue weighted by Crippen LogP contribution is 2.24. The van der Waals surface area contributed by atoms with Crippen LogP contribution in [0.25, 0.3) is 0 Å². The molecule has 0 spiro atoms. The van der Waals surface area contributed by atoms with Crippen molar-refractivity contribution in [3.05, 3.63) is 64.1 Å². The Kier molecular flexibility index (Phi) is 7.09. The predicted octanol–water partition coefficient (Wildman–Crippen LogP) is 5.79. The Morgan fingerprint density at radius 3 is 2.38 bits per heavy atom.